The summed E-state index contributed by atoms with van der Waals surface area (Å²) in [5, 5.41) is 3.11. The van der Waals surface area contributed by atoms with Gasteiger partial charge in [-0.15, -0.1) is 12.4 Å². The van der Waals surface area contributed by atoms with Crippen molar-refractivity contribution in [2.24, 2.45) is 0 Å². The van der Waals surface area contributed by atoms with E-state index < -0.39 is 0 Å². The summed E-state index contributed by atoms with van der Waals surface area (Å²) >= 11 is 0. The highest BCUT2D eigenvalue weighted by atomic mass is 35.5. The summed E-state index contributed by atoms with van der Waals surface area (Å²) < 4.78 is 1.04. The van der Waals surface area contributed by atoms with E-state index in [1.807, 2.05) is 7.05 Å². The molecular formula is C6H18Cl2N2. The summed E-state index contributed by atoms with van der Waals surface area (Å²) in [6, 6.07) is 0. The SMILES string of the molecule is CNCC[N+](C)(C)C.Cl.[Cl-]. The molecule has 10 heavy (non-hydrogen) atoms. The lowest BCUT2D eigenvalue weighted by atomic mass is 10.5. The van der Waals surface area contributed by atoms with Gasteiger partial charge < -0.3 is 22.2 Å². The van der Waals surface area contributed by atoms with Gasteiger partial charge in [-0.2, -0.15) is 0 Å². The minimum atomic E-state index is 0. The maximum absolute atomic E-state index is 3.11. The Balaban J connectivity index is -0.000000245. The monoisotopic (exact) mass is 188 g/mol. The van der Waals surface area contributed by atoms with Crippen molar-refractivity contribution in [3.05, 3.63) is 0 Å². The van der Waals surface area contributed by atoms with Crippen LogP contribution in [-0.4, -0.2) is 45.8 Å². The Kier molecular flexibility index (Phi) is 12.8. The molecule has 66 valence electrons. The average Bonchev–Trinajstić information content (AvgIpc) is 1.59. The maximum atomic E-state index is 3.11. The second-order valence-corrected chi connectivity index (χ2v) is 3.12. The van der Waals surface area contributed by atoms with Crippen molar-refractivity contribution in [1.82, 2.24) is 5.32 Å². The van der Waals surface area contributed by atoms with E-state index in [0.717, 1.165) is 11.0 Å². The predicted molar refractivity (Wildman–Crippen MR) is 44.1 cm³/mol. The van der Waals surface area contributed by atoms with Crippen LogP contribution in [0.4, 0.5) is 0 Å². The van der Waals surface area contributed by atoms with Crippen molar-refractivity contribution >= 4 is 12.4 Å². The van der Waals surface area contributed by atoms with Gasteiger partial charge >= 0.3 is 0 Å². The highest BCUT2D eigenvalue weighted by Gasteiger charge is 2.02. The van der Waals surface area contributed by atoms with Crippen LogP contribution < -0.4 is 17.7 Å². The molecule has 0 radical (unpaired) electrons. The largest absolute Gasteiger partial charge is 1.00 e. The lowest BCUT2D eigenvalue weighted by Gasteiger charge is -2.23. The zero-order valence-corrected chi connectivity index (χ0v) is 8.72. The van der Waals surface area contributed by atoms with E-state index >= 15 is 0 Å². The Morgan fingerprint density at radius 2 is 1.60 bits per heavy atom. The number of quaternary nitrogens is 1. The molecule has 0 saturated carbocycles. The average molecular weight is 189 g/mol. The fourth-order valence-electron chi connectivity index (χ4n) is 0.447. The van der Waals surface area contributed by atoms with Crippen molar-refractivity contribution in [3.8, 4) is 0 Å². The summed E-state index contributed by atoms with van der Waals surface area (Å²) in [6.45, 7) is 2.29. The molecule has 2 nitrogen and oxygen atoms in total. The minimum Gasteiger partial charge on any atom is -1.00 e. The first-order valence-electron chi connectivity index (χ1n) is 3.01. The van der Waals surface area contributed by atoms with Crippen LogP contribution >= 0.6 is 12.4 Å². The fraction of sp³-hybridized carbons (Fsp3) is 1.00. The van der Waals surface area contributed by atoms with Gasteiger partial charge in [0.1, 0.15) is 0 Å². The Labute approximate surface area is 76.4 Å². The quantitative estimate of drug-likeness (QED) is 0.478. The normalized spacial score (nSPS) is 9.60. The summed E-state index contributed by atoms with van der Waals surface area (Å²) in [4.78, 5) is 0. The molecule has 0 fully saturated rings. The second-order valence-electron chi connectivity index (χ2n) is 3.12. The van der Waals surface area contributed by atoms with Crippen LogP contribution in [0.5, 0.6) is 0 Å². The first-order chi connectivity index (χ1) is 3.56. The molecule has 0 aliphatic rings. The zero-order valence-electron chi connectivity index (χ0n) is 7.15. The van der Waals surface area contributed by atoms with E-state index in [2.05, 4.69) is 26.5 Å². The molecule has 1 N–H and O–H groups in total. The van der Waals surface area contributed by atoms with Crippen molar-refractivity contribution in [1.29, 1.82) is 0 Å². The van der Waals surface area contributed by atoms with E-state index in [9.17, 15) is 0 Å². The molecule has 0 atom stereocenters. The third-order valence-electron chi connectivity index (χ3n) is 1.03. The molecule has 0 saturated heterocycles. The summed E-state index contributed by atoms with van der Waals surface area (Å²) in [5.74, 6) is 0. The molecule has 0 spiro atoms. The molecule has 0 aromatic carbocycles. The third-order valence-corrected chi connectivity index (χ3v) is 1.03. The van der Waals surface area contributed by atoms with Gasteiger partial charge in [0, 0.05) is 6.54 Å². The van der Waals surface area contributed by atoms with Crippen LogP contribution in [0.3, 0.4) is 0 Å². The highest BCUT2D eigenvalue weighted by molar-refractivity contribution is 5.85. The molecule has 0 heterocycles. The van der Waals surface area contributed by atoms with Gasteiger partial charge in [-0.1, -0.05) is 0 Å². The van der Waals surface area contributed by atoms with Gasteiger partial charge in [0.15, 0.2) is 0 Å². The van der Waals surface area contributed by atoms with Crippen molar-refractivity contribution in [3.63, 3.8) is 0 Å². The van der Waals surface area contributed by atoms with Crippen LogP contribution in [-0.2, 0) is 0 Å². The number of nitrogens with zero attached hydrogens (tertiary/aromatic N) is 1. The van der Waals surface area contributed by atoms with Gasteiger partial charge in [0.05, 0.1) is 27.7 Å². The molecule has 0 rings (SSSR count). The molecule has 0 bridgehead atoms. The van der Waals surface area contributed by atoms with E-state index in [-0.39, 0.29) is 24.8 Å². The molecule has 0 unspecified atom stereocenters. The standard InChI is InChI=1S/C6H17N2.2ClH/c1-7-5-6-8(2,3)4;;/h7H,5-6H2,1-4H3;2*1H/q+1;;/p-1. The molecule has 0 aliphatic carbocycles. The summed E-state index contributed by atoms with van der Waals surface area (Å²) in [5.41, 5.74) is 0. The van der Waals surface area contributed by atoms with Crippen molar-refractivity contribution < 1.29 is 16.9 Å². The molecule has 0 aliphatic heterocycles. The van der Waals surface area contributed by atoms with Gasteiger partial charge in [-0.05, 0) is 7.05 Å². The zero-order chi connectivity index (χ0) is 6.62. The van der Waals surface area contributed by atoms with Crippen LogP contribution in [0.2, 0.25) is 0 Å². The molecule has 0 amide bonds. The Morgan fingerprint density at radius 1 is 1.20 bits per heavy atom. The van der Waals surface area contributed by atoms with E-state index in [0.29, 0.717) is 0 Å². The number of likely N-dealkylation sites (N-methyl/N-ethyl adjacent to an activating group) is 2. The molecular weight excluding hydrogens is 171 g/mol. The number of hydrogen-bond acceptors (Lipinski definition) is 1. The Morgan fingerprint density at radius 3 is 1.70 bits per heavy atom. The van der Waals surface area contributed by atoms with Crippen LogP contribution in [0, 0.1) is 0 Å². The summed E-state index contributed by atoms with van der Waals surface area (Å²) in [6.07, 6.45) is 0. The maximum Gasteiger partial charge on any atom is 0.0907 e. The van der Waals surface area contributed by atoms with Crippen molar-refractivity contribution in [2.45, 2.75) is 0 Å². The van der Waals surface area contributed by atoms with Gasteiger partial charge in [0.2, 0.25) is 0 Å². The van der Waals surface area contributed by atoms with Crippen molar-refractivity contribution in [2.75, 3.05) is 41.3 Å². The molecule has 0 aromatic rings. The Hall–Kier alpha value is 0.500. The summed E-state index contributed by atoms with van der Waals surface area (Å²) in [7, 11) is 8.56. The molecule has 0 aromatic heterocycles. The minimum absolute atomic E-state index is 0. The van der Waals surface area contributed by atoms with Gasteiger partial charge in [-0.3, -0.25) is 0 Å². The van der Waals surface area contributed by atoms with E-state index in [1.54, 1.807) is 0 Å². The Bertz CT molecular complexity index is 61.3. The van der Waals surface area contributed by atoms with Crippen LogP contribution in [0.1, 0.15) is 0 Å². The number of halogens is 2. The van der Waals surface area contributed by atoms with Crippen LogP contribution in [0.25, 0.3) is 0 Å². The predicted octanol–water partition coefficient (Wildman–Crippen LogP) is -2.66. The second kappa shape index (κ2) is 7.61. The highest BCUT2D eigenvalue weighted by Crippen LogP contribution is 1.84. The molecule has 4 heteroatoms. The first-order valence-corrected chi connectivity index (χ1v) is 3.01. The smallest absolute Gasteiger partial charge is 0.0907 e. The van der Waals surface area contributed by atoms with Crippen LogP contribution in [0.15, 0.2) is 0 Å². The van der Waals surface area contributed by atoms with Gasteiger partial charge in [0.25, 0.3) is 0 Å². The van der Waals surface area contributed by atoms with E-state index in [1.165, 1.54) is 6.54 Å². The first kappa shape index (κ1) is 16.8. The number of nitrogens with one attached hydrogen (secondary N) is 1. The fourth-order valence-corrected chi connectivity index (χ4v) is 0.447. The number of hydrogen-bond donors (Lipinski definition) is 1. The lowest BCUT2D eigenvalue weighted by Crippen LogP contribution is -3.00. The number of rotatable bonds is 3. The van der Waals surface area contributed by atoms with E-state index in [4.69, 9.17) is 0 Å². The topological polar surface area (TPSA) is 12.0 Å². The third kappa shape index (κ3) is 15.8. The van der Waals surface area contributed by atoms with Gasteiger partial charge in [-0.25, -0.2) is 0 Å². The lowest BCUT2D eigenvalue weighted by molar-refractivity contribution is -0.869.